The minimum absolute atomic E-state index is 0.0163. The molecule has 2 aliphatic heterocycles. The molecule has 2 heterocycles. The van der Waals surface area contributed by atoms with Crippen molar-refractivity contribution in [3.63, 3.8) is 0 Å². The third kappa shape index (κ3) is 2.51. The van der Waals surface area contributed by atoms with Gasteiger partial charge in [-0.1, -0.05) is 34.1 Å². The number of hydrogen-bond acceptors (Lipinski definition) is 3. The molecule has 4 rings (SSSR count). The molecule has 0 bridgehead atoms. The molecule has 0 saturated carbocycles. The Bertz CT molecular complexity index is 827. The van der Waals surface area contributed by atoms with Gasteiger partial charge < -0.3 is 16.0 Å². The molecule has 4 nitrogen and oxygen atoms in total. The Balaban J connectivity index is 1.85. The maximum absolute atomic E-state index is 12.4. The summed E-state index contributed by atoms with van der Waals surface area (Å²) in [5.74, 6) is -0.0163. The fourth-order valence-corrected chi connectivity index (χ4v) is 3.36. The molecular formula is C18H16BrN3O. The van der Waals surface area contributed by atoms with Crippen LogP contribution in [0.2, 0.25) is 0 Å². The first-order valence-corrected chi connectivity index (χ1v) is 8.32. The highest BCUT2D eigenvalue weighted by Crippen LogP contribution is 2.38. The number of amides is 1. The van der Waals surface area contributed by atoms with Gasteiger partial charge in [0.1, 0.15) is 0 Å². The summed E-state index contributed by atoms with van der Waals surface area (Å²) in [6.07, 6.45) is 0. The summed E-state index contributed by atoms with van der Waals surface area (Å²) >= 11 is 3.46. The highest BCUT2D eigenvalue weighted by atomic mass is 79.9. The average molecular weight is 370 g/mol. The lowest BCUT2D eigenvalue weighted by Crippen LogP contribution is -2.24. The van der Waals surface area contributed by atoms with Gasteiger partial charge in [-0.05, 0) is 42.3 Å². The van der Waals surface area contributed by atoms with E-state index in [0.29, 0.717) is 6.54 Å². The van der Waals surface area contributed by atoms with Crippen LogP contribution in [0.1, 0.15) is 17.2 Å². The van der Waals surface area contributed by atoms with Crippen molar-refractivity contribution in [1.82, 2.24) is 5.32 Å². The van der Waals surface area contributed by atoms with Crippen LogP contribution in [-0.2, 0) is 4.79 Å². The van der Waals surface area contributed by atoms with Crippen LogP contribution in [0.25, 0.3) is 0 Å². The number of benzene rings is 2. The second kappa shape index (κ2) is 5.42. The number of nitrogens with one attached hydrogen (secondary N) is 3. The van der Waals surface area contributed by atoms with Crippen molar-refractivity contribution < 1.29 is 4.79 Å². The number of rotatable bonds is 1. The summed E-state index contributed by atoms with van der Waals surface area (Å²) in [4.78, 5) is 12.4. The summed E-state index contributed by atoms with van der Waals surface area (Å²) in [5, 5.41) is 9.87. The quantitative estimate of drug-likeness (QED) is 0.717. The molecule has 1 atom stereocenters. The van der Waals surface area contributed by atoms with Crippen LogP contribution in [0, 0.1) is 6.92 Å². The molecule has 2 aromatic rings. The summed E-state index contributed by atoms with van der Waals surface area (Å²) in [5.41, 5.74) is 5.96. The Morgan fingerprint density at radius 2 is 1.87 bits per heavy atom. The minimum atomic E-state index is -0.170. The second-order valence-corrected chi connectivity index (χ2v) is 6.79. The van der Waals surface area contributed by atoms with Gasteiger partial charge in [-0.2, -0.15) is 0 Å². The molecule has 23 heavy (non-hydrogen) atoms. The normalized spacial score (nSPS) is 19.2. The number of fused-ring (bicyclic) bond motifs is 1. The van der Waals surface area contributed by atoms with E-state index in [0.717, 1.165) is 32.7 Å². The molecule has 0 aromatic heterocycles. The maximum atomic E-state index is 12.4. The van der Waals surface area contributed by atoms with Crippen LogP contribution in [0.3, 0.4) is 0 Å². The van der Waals surface area contributed by atoms with Crippen LogP contribution in [-0.4, -0.2) is 12.5 Å². The zero-order chi connectivity index (χ0) is 16.0. The topological polar surface area (TPSA) is 53.2 Å². The predicted molar refractivity (Wildman–Crippen MR) is 95.3 cm³/mol. The Hall–Kier alpha value is -2.27. The Morgan fingerprint density at radius 1 is 1.09 bits per heavy atom. The first-order chi connectivity index (χ1) is 11.1. The molecule has 5 heteroatoms. The monoisotopic (exact) mass is 369 g/mol. The van der Waals surface area contributed by atoms with Crippen LogP contribution >= 0.6 is 15.9 Å². The van der Waals surface area contributed by atoms with E-state index in [1.54, 1.807) is 0 Å². The van der Waals surface area contributed by atoms with E-state index in [4.69, 9.17) is 0 Å². The highest BCUT2D eigenvalue weighted by Gasteiger charge is 2.33. The summed E-state index contributed by atoms with van der Waals surface area (Å²) in [6, 6.07) is 14.1. The van der Waals surface area contributed by atoms with Gasteiger partial charge in [-0.25, -0.2) is 0 Å². The molecular weight excluding hydrogens is 354 g/mol. The molecule has 0 radical (unpaired) electrons. The Labute approximate surface area is 143 Å². The predicted octanol–water partition coefficient (Wildman–Crippen LogP) is 3.72. The van der Waals surface area contributed by atoms with Gasteiger partial charge >= 0.3 is 0 Å². The lowest BCUT2D eigenvalue weighted by atomic mass is 9.97. The van der Waals surface area contributed by atoms with Crippen molar-refractivity contribution in [2.24, 2.45) is 0 Å². The summed E-state index contributed by atoms with van der Waals surface area (Å²) < 4.78 is 1.02. The van der Waals surface area contributed by atoms with Gasteiger partial charge in [0.2, 0.25) is 0 Å². The van der Waals surface area contributed by atoms with Crippen molar-refractivity contribution in [2.45, 2.75) is 13.0 Å². The van der Waals surface area contributed by atoms with E-state index in [9.17, 15) is 4.79 Å². The van der Waals surface area contributed by atoms with Crippen LogP contribution in [0.5, 0.6) is 0 Å². The Morgan fingerprint density at radius 3 is 2.65 bits per heavy atom. The molecule has 0 fully saturated rings. The van der Waals surface area contributed by atoms with Gasteiger partial charge in [-0.15, -0.1) is 0 Å². The smallest absolute Gasteiger partial charge is 0.251 e. The molecule has 1 unspecified atom stereocenters. The van der Waals surface area contributed by atoms with Crippen molar-refractivity contribution in [3.05, 3.63) is 69.3 Å². The molecule has 0 saturated heterocycles. The molecule has 1 amide bonds. The van der Waals surface area contributed by atoms with Crippen molar-refractivity contribution in [2.75, 3.05) is 17.2 Å². The first-order valence-electron chi connectivity index (χ1n) is 7.53. The SMILES string of the molecule is Cc1ccc2c(c1)NC(c1ccc(Br)cc1)C1=C(CNC1=O)N2. The number of hydrogen-bond donors (Lipinski definition) is 3. The zero-order valence-corrected chi connectivity index (χ0v) is 14.2. The average Bonchev–Trinajstić information content (AvgIpc) is 2.80. The Kier molecular flexibility index (Phi) is 3.38. The molecule has 3 N–H and O–H groups in total. The van der Waals surface area contributed by atoms with Crippen LogP contribution < -0.4 is 16.0 Å². The van der Waals surface area contributed by atoms with Crippen LogP contribution in [0.4, 0.5) is 11.4 Å². The number of halogens is 1. The lowest BCUT2D eigenvalue weighted by molar-refractivity contribution is -0.116. The third-order valence-corrected chi connectivity index (χ3v) is 4.78. The lowest BCUT2D eigenvalue weighted by Gasteiger charge is -2.20. The molecule has 2 aliphatic rings. The number of aryl methyl sites for hydroxylation is 1. The van der Waals surface area contributed by atoms with Gasteiger partial charge in [0, 0.05) is 10.2 Å². The van der Waals surface area contributed by atoms with Crippen molar-refractivity contribution in [3.8, 4) is 0 Å². The first kappa shape index (κ1) is 14.3. The van der Waals surface area contributed by atoms with Gasteiger partial charge in [0.05, 0.1) is 29.5 Å². The van der Waals surface area contributed by atoms with E-state index in [2.05, 4.69) is 57.0 Å². The molecule has 0 spiro atoms. The van der Waals surface area contributed by atoms with Crippen LogP contribution in [0.15, 0.2) is 58.2 Å². The third-order valence-electron chi connectivity index (χ3n) is 4.25. The zero-order valence-electron chi connectivity index (χ0n) is 12.6. The number of anilines is 2. The van der Waals surface area contributed by atoms with Gasteiger partial charge in [-0.3, -0.25) is 4.79 Å². The second-order valence-electron chi connectivity index (χ2n) is 5.88. The fraction of sp³-hybridized carbons (Fsp3) is 0.167. The van der Waals surface area contributed by atoms with Crippen molar-refractivity contribution in [1.29, 1.82) is 0 Å². The fourth-order valence-electron chi connectivity index (χ4n) is 3.09. The van der Waals surface area contributed by atoms with Gasteiger partial charge in [0.25, 0.3) is 5.91 Å². The maximum Gasteiger partial charge on any atom is 0.251 e. The molecule has 116 valence electrons. The number of carbonyl (C=O) groups is 1. The van der Waals surface area contributed by atoms with E-state index in [1.807, 2.05) is 24.3 Å². The minimum Gasteiger partial charge on any atom is -0.372 e. The standard InChI is InChI=1S/C18H16BrN3O/c1-10-2-7-13-14(8-10)22-17(11-3-5-12(19)6-4-11)16-15(21-13)9-20-18(16)23/h2-8,17,21-22H,9H2,1H3,(H,20,23). The van der Waals surface area contributed by atoms with E-state index < -0.39 is 0 Å². The van der Waals surface area contributed by atoms with E-state index >= 15 is 0 Å². The number of carbonyl (C=O) groups excluding carboxylic acids is 1. The van der Waals surface area contributed by atoms with Gasteiger partial charge in [0.15, 0.2) is 0 Å². The summed E-state index contributed by atoms with van der Waals surface area (Å²) in [6.45, 7) is 2.60. The highest BCUT2D eigenvalue weighted by molar-refractivity contribution is 9.10. The molecule has 2 aromatic carbocycles. The molecule has 0 aliphatic carbocycles. The van der Waals surface area contributed by atoms with E-state index in [-0.39, 0.29) is 11.9 Å². The van der Waals surface area contributed by atoms with Crippen molar-refractivity contribution >= 4 is 33.2 Å². The van der Waals surface area contributed by atoms with E-state index in [1.165, 1.54) is 5.56 Å². The summed E-state index contributed by atoms with van der Waals surface area (Å²) in [7, 11) is 0. The largest absolute Gasteiger partial charge is 0.372 e.